The molecule has 0 unspecified atom stereocenters. The molecule has 1 saturated heterocycles. The Bertz CT molecular complexity index is 1410. The topological polar surface area (TPSA) is 68.8 Å². The predicted molar refractivity (Wildman–Crippen MR) is 123 cm³/mol. The highest BCUT2D eigenvalue weighted by molar-refractivity contribution is 6.30. The van der Waals surface area contributed by atoms with Crippen LogP contribution in [0, 0.1) is 12.7 Å². The van der Waals surface area contributed by atoms with Crippen molar-refractivity contribution in [3.63, 3.8) is 0 Å². The van der Waals surface area contributed by atoms with E-state index in [1.54, 1.807) is 32.3 Å². The number of rotatable bonds is 3. The second-order valence-electron chi connectivity index (χ2n) is 8.20. The molecule has 32 heavy (non-hydrogen) atoms. The van der Waals surface area contributed by atoms with E-state index < -0.39 is 5.82 Å². The van der Waals surface area contributed by atoms with Gasteiger partial charge in [-0.25, -0.2) is 19.3 Å². The quantitative estimate of drug-likeness (QED) is 0.472. The van der Waals surface area contributed by atoms with Crippen LogP contribution in [0.1, 0.15) is 24.0 Å². The summed E-state index contributed by atoms with van der Waals surface area (Å²) in [7, 11) is 3.64. The SMILES string of the molecule is Cc1nc2cc(N3CC[C@H](c4nccn4C)C3)nc(-c3ccc(Cl)cc3F)c2c(=O)n1C. The number of pyridine rings is 1. The molecule has 164 valence electrons. The fourth-order valence-corrected chi connectivity index (χ4v) is 4.53. The Morgan fingerprint density at radius 2 is 2.00 bits per heavy atom. The summed E-state index contributed by atoms with van der Waals surface area (Å²) in [6.45, 7) is 3.29. The molecule has 5 rings (SSSR count). The number of hydrogen-bond donors (Lipinski definition) is 0. The molecule has 0 aliphatic carbocycles. The third kappa shape index (κ3) is 3.35. The molecule has 0 saturated carbocycles. The second-order valence-corrected chi connectivity index (χ2v) is 8.63. The molecular formula is C23H22ClFN6O. The minimum atomic E-state index is -0.529. The Labute approximate surface area is 189 Å². The number of fused-ring (bicyclic) bond motifs is 1. The minimum Gasteiger partial charge on any atom is -0.356 e. The smallest absolute Gasteiger partial charge is 0.263 e. The van der Waals surface area contributed by atoms with Gasteiger partial charge < -0.3 is 9.47 Å². The molecule has 1 aliphatic heterocycles. The minimum absolute atomic E-state index is 0.226. The first-order valence-electron chi connectivity index (χ1n) is 10.4. The van der Waals surface area contributed by atoms with Gasteiger partial charge in [0.1, 0.15) is 23.3 Å². The van der Waals surface area contributed by atoms with Gasteiger partial charge in [-0.2, -0.15) is 0 Å². The molecule has 3 aromatic heterocycles. The van der Waals surface area contributed by atoms with Crippen molar-refractivity contribution in [2.45, 2.75) is 19.3 Å². The lowest BCUT2D eigenvalue weighted by molar-refractivity contribution is 0.631. The summed E-state index contributed by atoms with van der Waals surface area (Å²) >= 11 is 5.96. The van der Waals surface area contributed by atoms with Crippen molar-refractivity contribution in [3.8, 4) is 11.3 Å². The van der Waals surface area contributed by atoms with Gasteiger partial charge in [-0.05, 0) is 31.5 Å². The van der Waals surface area contributed by atoms with Gasteiger partial charge in [0.15, 0.2) is 0 Å². The summed E-state index contributed by atoms with van der Waals surface area (Å²) in [5, 5.41) is 0.578. The molecule has 0 amide bonds. The molecule has 7 nitrogen and oxygen atoms in total. The third-order valence-electron chi connectivity index (χ3n) is 6.19. The Balaban J connectivity index is 1.67. The van der Waals surface area contributed by atoms with Crippen LogP contribution < -0.4 is 10.5 Å². The maximum absolute atomic E-state index is 14.9. The molecular weight excluding hydrogens is 431 g/mol. The van der Waals surface area contributed by atoms with E-state index in [2.05, 4.69) is 14.9 Å². The largest absolute Gasteiger partial charge is 0.356 e. The summed E-state index contributed by atoms with van der Waals surface area (Å²) in [5.74, 6) is 2.01. The van der Waals surface area contributed by atoms with Crippen LogP contribution >= 0.6 is 11.6 Å². The maximum Gasteiger partial charge on any atom is 0.263 e. The monoisotopic (exact) mass is 452 g/mol. The fraction of sp³-hybridized carbons (Fsp3) is 0.304. The van der Waals surface area contributed by atoms with E-state index in [1.807, 2.05) is 23.9 Å². The molecule has 1 fully saturated rings. The van der Waals surface area contributed by atoms with E-state index in [0.29, 0.717) is 22.5 Å². The van der Waals surface area contributed by atoms with Gasteiger partial charge in [-0.1, -0.05) is 11.6 Å². The lowest BCUT2D eigenvalue weighted by Gasteiger charge is -2.20. The summed E-state index contributed by atoms with van der Waals surface area (Å²) in [5.41, 5.74) is 0.743. The van der Waals surface area contributed by atoms with Crippen molar-refractivity contribution in [2.24, 2.45) is 14.1 Å². The zero-order valence-corrected chi connectivity index (χ0v) is 18.8. The van der Waals surface area contributed by atoms with Gasteiger partial charge in [0, 0.05) is 62.1 Å². The summed E-state index contributed by atoms with van der Waals surface area (Å²) in [6.07, 6.45) is 4.67. The lowest BCUT2D eigenvalue weighted by Crippen LogP contribution is -2.24. The number of anilines is 1. The first-order chi connectivity index (χ1) is 15.3. The summed E-state index contributed by atoms with van der Waals surface area (Å²) in [4.78, 5) is 29.1. The predicted octanol–water partition coefficient (Wildman–Crippen LogP) is 3.82. The van der Waals surface area contributed by atoms with E-state index in [4.69, 9.17) is 16.6 Å². The summed E-state index contributed by atoms with van der Waals surface area (Å²) in [6, 6.07) is 6.21. The van der Waals surface area contributed by atoms with Crippen LogP contribution in [0.5, 0.6) is 0 Å². The Morgan fingerprint density at radius 1 is 1.19 bits per heavy atom. The number of aromatic nitrogens is 5. The molecule has 4 aromatic rings. The first-order valence-corrected chi connectivity index (χ1v) is 10.8. The highest BCUT2D eigenvalue weighted by atomic mass is 35.5. The van der Waals surface area contributed by atoms with Crippen LogP contribution in [0.3, 0.4) is 0 Å². The van der Waals surface area contributed by atoms with Crippen molar-refractivity contribution >= 4 is 28.3 Å². The lowest BCUT2D eigenvalue weighted by atomic mass is 10.1. The molecule has 0 radical (unpaired) electrons. The summed E-state index contributed by atoms with van der Waals surface area (Å²) < 4.78 is 18.4. The maximum atomic E-state index is 14.9. The van der Waals surface area contributed by atoms with Gasteiger partial charge in [-0.3, -0.25) is 9.36 Å². The van der Waals surface area contributed by atoms with E-state index in [1.165, 1.54) is 10.6 Å². The van der Waals surface area contributed by atoms with Crippen LogP contribution in [0.4, 0.5) is 10.2 Å². The van der Waals surface area contributed by atoms with Crippen molar-refractivity contribution in [3.05, 3.63) is 69.5 Å². The molecule has 1 aliphatic rings. The molecule has 0 spiro atoms. The average molecular weight is 453 g/mol. The molecule has 0 N–H and O–H groups in total. The molecule has 9 heteroatoms. The van der Waals surface area contributed by atoms with Crippen molar-refractivity contribution in [1.82, 2.24) is 24.1 Å². The van der Waals surface area contributed by atoms with Crippen LogP contribution in [0.15, 0.2) is 41.5 Å². The number of hydrogen-bond acceptors (Lipinski definition) is 5. The first kappa shape index (κ1) is 20.6. The molecule has 1 atom stereocenters. The van der Waals surface area contributed by atoms with Crippen molar-refractivity contribution in [1.29, 1.82) is 0 Å². The Kier molecular flexibility index (Phi) is 4.97. The van der Waals surface area contributed by atoms with Crippen LogP contribution in [-0.4, -0.2) is 37.2 Å². The van der Waals surface area contributed by atoms with Crippen molar-refractivity contribution in [2.75, 3.05) is 18.0 Å². The van der Waals surface area contributed by atoms with Crippen LogP contribution in [0.25, 0.3) is 22.2 Å². The van der Waals surface area contributed by atoms with Gasteiger partial charge in [0.05, 0.1) is 16.6 Å². The van der Waals surface area contributed by atoms with Crippen LogP contribution in [0.2, 0.25) is 5.02 Å². The Hall–Kier alpha value is -3.26. The van der Waals surface area contributed by atoms with Gasteiger partial charge in [0.25, 0.3) is 5.56 Å². The van der Waals surface area contributed by atoms with Gasteiger partial charge in [-0.15, -0.1) is 0 Å². The highest BCUT2D eigenvalue weighted by Gasteiger charge is 2.29. The average Bonchev–Trinajstić information content (AvgIpc) is 3.40. The second kappa shape index (κ2) is 7.70. The van der Waals surface area contributed by atoms with Gasteiger partial charge >= 0.3 is 0 Å². The molecule has 1 aromatic carbocycles. The van der Waals surface area contributed by atoms with Gasteiger partial charge in [0.2, 0.25) is 0 Å². The number of imidazole rings is 1. The number of benzene rings is 1. The fourth-order valence-electron chi connectivity index (χ4n) is 4.37. The van der Waals surface area contributed by atoms with E-state index >= 15 is 0 Å². The van der Waals surface area contributed by atoms with E-state index in [-0.39, 0.29) is 27.8 Å². The number of aryl methyl sites for hydroxylation is 2. The number of halogens is 2. The van der Waals surface area contributed by atoms with Crippen molar-refractivity contribution < 1.29 is 4.39 Å². The number of nitrogens with zero attached hydrogens (tertiary/aromatic N) is 6. The third-order valence-corrected chi connectivity index (χ3v) is 6.43. The highest BCUT2D eigenvalue weighted by Crippen LogP contribution is 2.34. The normalized spacial score (nSPS) is 16.3. The standard InChI is InChI=1S/C23H22ClFN6O/c1-13-27-18-11-19(31-8-6-14(12-31)22-26-7-9-29(22)2)28-21(20(18)23(32)30(13)3)16-5-4-15(24)10-17(16)25/h4-5,7,9-11,14H,6,8,12H2,1-3H3/t14-/m0/s1. The van der Waals surface area contributed by atoms with E-state index in [9.17, 15) is 9.18 Å². The zero-order valence-electron chi connectivity index (χ0n) is 18.0. The Morgan fingerprint density at radius 3 is 2.72 bits per heavy atom. The van der Waals surface area contributed by atoms with Crippen LogP contribution in [-0.2, 0) is 14.1 Å². The van der Waals surface area contributed by atoms with E-state index in [0.717, 1.165) is 25.3 Å². The molecule has 0 bridgehead atoms. The zero-order chi connectivity index (χ0) is 22.6. The molecule has 4 heterocycles.